The lowest BCUT2D eigenvalue weighted by atomic mass is 10.2. The quantitative estimate of drug-likeness (QED) is 0.671. The van der Waals surface area contributed by atoms with Crippen LogP contribution in [0.25, 0.3) is 0 Å². The van der Waals surface area contributed by atoms with Gasteiger partial charge in [-0.1, -0.05) is 0 Å². The summed E-state index contributed by atoms with van der Waals surface area (Å²) < 4.78 is 76.4. The van der Waals surface area contributed by atoms with Crippen molar-refractivity contribution < 1.29 is 31.1 Å². The normalized spacial score (nSPS) is 12.0. The number of hydrogen-bond donors (Lipinski definition) is 1. The number of alkyl halides is 5. The molecule has 0 aromatic carbocycles. The molecule has 1 aromatic rings. The Bertz CT molecular complexity index is 406. The molecule has 0 saturated heterocycles. The fraction of sp³-hybridized carbons (Fsp3) is 0.375. The van der Waals surface area contributed by atoms with E-state index in [4.69, 9.17) is 5.73 Å². The van der Waals surface area contributed by atoms with E-state index in [1.165, 1.54) is 0 Å². The Hall–Kier alpha value is -1.51. The molecule has 0 spiro atoms. The van der Waals surface area contributed by atoms with Gasteiger partial charge in [0.1, 0.15) is 0 Å². The molecule has 0 radical (unpaired) electrons. The highest BCUT2D eigenvalue weighted by atomic mass is 19.4. The van der Waals surface area contributed by atoms with E-state index >= 15 is 0 Å². The summed E-state index contributed by atoms with van der Waals surface area (Å²) in [5, 5.41) is 0. The maximum Gasteiger partial charge on any atom is 0.573 e. The Balaban J connectivity index is 3.20. The number of pyridine rings is 1. The maximum atomic E-state index is 13.0. The highest BCUT2D eigenvalue weighted by Crippen LogP contribution is 2.30. The van der Waals surface area contributed by atoms with E-state index in [0.717, 1.165) is 0 Å². The zero-order valence-corrected chi connectivity index (χ0v) is 8.06. The van der Waals surface area contributed by atoms with Crippen LogP contribution in [0.4, 0.5) is 26.3 Å². The molecule has 0 atom stereocenters. The molecule has 0 bridgehead atoms. The number of nitrogens with two attached hydrogens (primary N) is 1. The summed E-state index contributed by atoms with van der Waals surface area (Å²) in [7, 11) is 0. The zero-order valence-electron chi connectivity index (χ0n) is 8.06. The van der Waals surface area contributed by atoms with Crippen molar-refractivity contribution in [3.05, 3.63) is 23.3 Å². The van der Waals surface area contributed by atoms with E-state index in [9.17, 15) is 26.3 Å². The zero-order chi connectivity index (χ0) is 13.2. The van der Waals surface area contributed by atoms with E-state index in [-0.39, 0.29) is 6.07 Å². The monoisotopic (exact) mass is 260 g/mol. The summed E-state index contributed by atoms with van der Waals surface area (Å²) in [6.45, 7) is -0.525. The molecule has 0 saturated carbocycles. The fourth-order valence-corrected chi connectivity index (χ4v) is 1.07. The van der Waals surface area contributed by atoms with Crippen molar-refractivity contribution in [2.45, 2.75) is 19.3 Å². The van der Waals surface area contributed by atoms with Crippen molar-refractivity contribution in [3.63, 3.8) is 0 Å². The summed E-state index contributed by atoms with van der Waals surface area (Å²) in [5.41, 5.74) is 3.59. The van der Waals surface area contributed by atoms with Gasteiger partial charge in [0, 0.05) is 12.1 Å². The molecule has 9 heteroatoms. The molecule has 17 heavy (non-hydrogen) atoms. The predicted octanol–water partition coefficient (Wildman–Crippen LogP) is 2.52. The van der Waals surface area contributed by atoms with Gasteiger partial charge in [0.15, 0.2) is 5.75 Å². The average molecular weight is 260 g/mol. The summed E-state index contributed by atoms with van der Waals surface area (Å²) in [6.07, 6.45) is -8.32. The molecule has 0 aliphatic carbocycles. The van der Waals surface area contributed by atoms with E-state index in [1.54, 1.807) is 0 Å². The predicted molar refractivity (Wildman–Crippen MR) is 43.7 cm³/mol. The van der Waals surface area contributed by atoms with Crippen molar-refractivity contribution in [1.82, 2.24) is 4.98 Å². The first-order valence-electron chi connectivity index (χ1n) is 4.18. The van der Waals surface area contributed by atoms with Gasteiger partial charge in [-0.2, -0.15) is 4.39 Å². The molecular formula is C8H6F6N2O. The van der Waals surface area contributed by atoms with Crippen LogP contribution >= 0.6 is 0 Å². The molecule has 2 N–H and O–H groups in total. The molecule has 0 amide bonds. The van der Waals surface area contributed by atoms with Crippen LogP contribution < -0.4 is 10.5 Å². The highest BCUT2D eigenvalue weighted by molar-refractivity contribution is 5.31. The molecule has 0 unspecified atom stereocenters. The molecule has 0 aliphatic heterocycles. The van der Waals surface area contributed by atoms with Crippen LogP contribution in [-0.4, -0.2) is 11.3 Å². The summed E-state index contributed by atoms with van der Waals surface area (Å²) in [6, 6.07) is 0.239. The largest absolute Gasteiger partial charge is 0.573 e. The Morgan fingerprint density at radius 1 is 1.35 bits per heavy atom. The van der Waals surface area contributed by atoms with Gasteiger partial charge in [-0.3, -0.25) is 0 Å². The lowest BCUT2D eigenvalue weighted by Crippen LogP contribution is -2.19. The Morgan fingerprint density at radius 2 is 1.94 bits per heavy atom. The third-order valence-corrected chi connectivity index (χ3v) is 1.71. The minimum atomic E-state index is -5.19. The van der Waals surface area contributed by atoms with Crippen molar-refractivity contribution >= 4 is 0 Å². The number of ether oxygens (including phenoxy) is 1. The first-order valence-corrected chi connectivity index (χ1v) is 4.18. The van der Waals surface area contributed by atoms with Crippen LogP contribution in [0, 0.1) is 5.95 Å². The van der Waals surface area contributed by atoms with Gasteiger partial charge in [-0.05, 0) is 6.07 Å². The molecule has 1 aromatic heterocycles. The third kappa shape index (κ3) is 3.48. The topological polar surface area (TPSA) is 48.1 Å². The van der Waals surface area contributed by atoms with E-state index in [0.29, 0.717) is 0 Å². The third-order valence-electron chi connectivity index (χ3n) is 1.71. The molecular weight excluding hydrogens is 254 g/mol. The molecule has 3 nitrogen and oxygen atoms in total. The molecule has 0 aliphatic rings. The van der Waals surface area contributed by atoms with E-state index in [1.807, 2.05) is 0 Å². The van der Waals surface area contributed by atoms with Gasteiger partial charge in [-0.15, -0.1) is 13.2 Å². The van der Waals surface area contributed by atoms with Crippen molar-refractivity contribution in [1.29, 1.82) is 0 Å². The molecule has 96 valence electrons. The first kappa shape index (κ1) is 13.6. The van der Waals surface area contributed by atoms with Crippen molar-refractivity contribution in [2.24, 2.45) is 5.73 Å². The van der Waals surface area contributed by atoms with Crippen LogP contribution in [0.5, 0.6) is 5.75 Å². The lowest BCUT2D eigenvalue weighted by molar-refractivity contribution is -0.275. The molecule has 1 rings (SSSR count). The SMILES string of the molecule is NCc1nc(F)c(OC(F)(F)F)cc1C(F)F. The number of nitrogens with zero attached hydrogens (tertiary/aromatic N) is 1. The maximum absolute atomic E-state index is 13.0. The van der Waals surface area contributed by atoms with Crippen LogP contribution in [0.3, 0.4) is 0 Å². The number of aromatic nitrogens is 1. The van der Waals surface area contributed by atoms with E-state index < -0.39 is 42.3 Å². The minimum Gasteiger partial charge on any atom is -0.401 e. The number of halogens is 6. The van der Waals surface area contributed by atoms with Gasteiger partial charge in [0.2, 0.25) is 0 Å². The molecule has 0 fully saturated rings. The van der Waals surface area contributed by atoms with Gasteiger partial charge in [0.25, 0.3) is 12.4 Å². The van der Waals surface area contributed by atoms with Crippen molar-refractivity contribution in [2.75, 3.05) is 0 Å². The van der Waals surface area contributed by atoms with Crippen LogP contribution in [0.2, 0.25) is 0 Å². The van der Waals surface area contributed by atoms with Gasteiger partial charge in [0.05, 0.1) is 5.69 Å². The van der Waals surface area contributed by atoms with Crippen LogP contribution in [-0.2, 0) is 6.54 Å². The summed E-state index contributed by atoms with van der Waals surface area (Å²) in [4.78, 5) is 2.90. The average Bonchev–Trinajstić information content (AvgIpc) is 2.18. The first-order chi connectivity index (χ1) is 7.74. The standard InChI is InChI=1S/C8H6F6N2O/c9-6(10)3-1-5(17-8(12,13)14)7(11)16-4(3)2-15/h1,6H,2,15H2. The van der Waals surface area contributed by atoms with Gasteiger partial charge < -0.3 is 10.5 Å². The number of hydrogen-bond acceptors (Lipinski definition) is 3. The lowest BCUT2D eigenvalue weighted by Gasteiger charge is -2.12. The Kier molecular flexibility index (Phi) is 3.81. The minimum absolute atomic E-state index is 0.239. The van der Waals surface area contributed by atoms with Crippen LogP contribution in [0.1, 0.15) is 17.7 Å². The smallest absolute Gasteiger partial charge is 0.401 e. The Morgan fingerprint density at radius 3 is 2.35 bits per heavy atom. The molecule has 1 heterocycles. The second-order valence-corrected chi connectivity index (χ2v) is 2.87. The summed E-state index contributed by atoms with van der Waals surface area (Å²) in [5.74, 6) is -3.06. The van der Waals surface area contributed by atoms with Gasteiger partial charge >= 0.3 is 6.36 Å². The van der Waals surface area contributed by atoms with E-state index in [2.05, 4.69) is 9.72 Å². The Labute approximate surface area is 91.2 Å². The number of rotatable bonds is 3. The second kappa shape index (κ2) is 4.78. The van der Waals surface area contributed by atoms with Gasteiger partial charge in [-0.25, -0.2) is 13.8 Å². The second-order valence-electron chi connectivity index (χ2n) is 2.87. The summed E-state index contributed by atoms with van der Waals surface area (Å²) >= 11 is 0. The van der Waals surface area contributed by atoms with Crippen molar-refractivity contribution in [3.8, 4) is 5.75 Å². The van der Waals surface area contributed by atoms with Crippen LogP contribution in [0.15, 0.2) is 6.07 Å². The fourth-order valence-electron chi connectivity index (χ4n) is 1.07. The highest BCUT2D eigenvalue weighted by Gasteiger charge is 2.33.